The summed E-state index contributed by atoms with van der Waals surface area (Å²) in [5.41, 5.74) is 1.58. The molecule has 0 bridgehead atoms. The topological polar surface area (TPSA) is 60.9 Å². The van der Waals surface area contributed by atoms with Crippen molar-refractivity contribution in [1.29, 1.82) is 0 Å². The molecular weight excluding hydrogens is 357 g/mol. The predicted molar refractivity (Wildman–Crippen MR) is 109 cm³/mol. The minimum absolute atomic E-state index is 0.0958. The van der Waals surface area contributed by atoms with Crippen LogP contribution in [0.5, 0.6) is 11.6 Å². The molecule has 0 saturated carbocycles. The number of hydrogen-bond acceptors (Lipinski definition) is 4. The standard InChI is InChI=1S/C22H24FN3O2/c23-19-5-4-6-20-21(19)18(22(27)25-20)15-24-16-7-9-17(10-8-16)28-14-13-26-11-2-1-3-12-26/h4-10,15,25,27H,1-3,11-14H2. The van der Waals surface area contributed by atoms with Crippen LogP contribution < -0.4 is 4.74 Å². The van der Waals surface area contributed by atoms with E-state index in [0.717, 1.165) is 25.4 Å². The number of ether oxygens (including phenoxy) is 1. The van der Waals surface area contributed by atoms with Gasteiger partial charge in [0, 0.05) is 18.1 Å². The van der Waals surface area contributed by atoms with Crippen LogP contribution >= 0.6 is 0 Å². The molecular formula is C22H24FN3O2. The highest BCUT2D eigenvalue weighted by molar-refractivity contribution is 6.02. The number of rotatable bonds is 6. The van der Waals surface area contributed by atoms with Gasteiger partial charge in [-0.05, 0) is 62.3 Å². The molecule has 1 saturated heterocycles. The number of aromatic nitrogens is 1. The zero-order chi connectivity index (χ0) is 19.3. The lowest BCUT2D eigenvalue weighted by Gasteiger charge is -2.26. The number of aromatic hydroxyl groups is 1. The van der Waals surface area contributed by atoms with Crippen LogP contribution in [-0.2, 0) is 0 Å². The van der Waals surface area contributed by atoms with Crippen LogP contribution in [-0.4, -0.2) is 47.4 Å². The second kappa shape index (κ2) is 8.44. The van der Waals surface area contributed by atoms with E-state index in [-0.39, 0.29) is 5.88 Å². The lowest BCUT2D eigenvalue weighted by molar-refractivity contribution is 0.183. The molecule has 0 aliphatic carbocycles. The van der Waals surface area contributed by atoms with Gasteiger partial charge in [0.15, 0.2) is 5.88 Å². The molecule has 2 aromatic carbocycles. The maximum Gasteiger partial charge on any atom is 0.198 e. The van der Waals surface area contributed by atoms with E-state index in [1.54, 1.807) is 12.1 Å². The lowest BCUT2D eigenvalue weighted by atomic mass is 10.1. The molecule has 1 aliphatic heterocycles. The number of likely N-dealkylation sites (tertiary alicyclic amines) is 1. The van der Waals surface area contributed by atoms with E-state index >= 15 is 0 Å². The Hall–Kier alpha value is -2.86. The summed E-state index contributed by atoms with van der Waals surface area (Å²) in [5.74, 6) is 0.311. The predicted octanol–water partition coefficient (Wildman–Crippen LogP) is 4.63. The highest BCUT2D eigenvalue weighted by atomic mass is 19.1. The molecule has 146 valence electrons. The number of aliphatic imine (C=N–C) groups is 1. The molecule has 5 nitrogen and oxygen atoms in total. The quantitative estimate of drug-likeness (QED) is 0.612. The first-order valence-corrected chi connectivity index (χ1v) is 9.69. The fourth-order valence-corrected chi connectivity index (χ4v) is 3.58. The van der Waals surface area contributed by atoms with Gasteiger partial charge < -0.3 is 14.8 Å². The van der Waals surface area contributed by atoms with Crippen molar-refractivity contribution in [3.8, 4) is 11.6 Å². The van der Waals surface area contributed by atoms with Crippen LogP contribution in [0.1, 0.15) is 24.8 Å². The molecule has 0 radical (unpaired) electrons. The van der Waals surface area contributed by atoms with Crippen LogP contribution in [0.2, 0.25) is 0 Å². The highest BCUT2D eigenvalue weighted by Gasteiger charge is 2.12. The van der Waals surface area contributed by atoms with E-state index in [4.69, 9.17) is 4.74 Å². The maximum absolute atomic E-state index is 14.1. The Labute approximate surface area is 163 Å². The number of aromatic amines is 1. The van der Waals surface area contributed by atoms with Gasteiger partial charge in [-0.1, -0.05) is 12.5 Å². The SMILES string of the molecule is Oc1[nH]c2cccc(F)c2c1C=Nc1ccc(OCCN2CCCCC2)cc1. The summed E-state index contributed by atoms with van der Waals surface area (Å²) in [4.78, 5) is 9.56. The first-order chi connectivity index (χ1) is 13.7. The van der Waals surface area contributed by atoms with E-state index in [1.165, 1.54) is 31.5 Å². The third-order valence-corrected chi connectivity index (χ3v) is 5.10. The Balaban J connectivity index is 1.39. The van der Waals surface area contributed by atoms with Crippen LogP contribution in [0.3, 0.4) is 0 Å². The first-order valence-electron chi connectivity index (χ1n) is 9.69. The van der Waals surface area contributed by atoms with Crippen molar-refractivity contribution in [2.45, 2.75) is 19.3 Å². The van der Waals surface area contributed by atoms with Gasteiger partial charge in [-0.3, -0.25) is 9.89 Å². The second-order valence-electron chi connectivity index (χ2n) is 7.05. The number of nitrogens with one attached hydrogen (secondary N) is 1. The molecule has 2 heterocycles. The van der Waals surface area contributed by atoms with Crippen LogP contribution in [0.4, 0.5) is 10.1 Å². The Morgan fingerprint density at radius 2 is 1.89 bits per heavy atom. The van der Waals surface area contributed by atoms with Gasteiger partial charge in [0.05, 0.1) is 16.8 Å². The first kappa shape index (κ1) is 18.5. The monoisotopic (exact) mass is 381 g/mol. The Kier molecular flexibility index (Phi) is 5.58. The van der Waals surface area contributed by atoms with E-state index in [1.807, 2.05) is 24.3 Å². The van der Waals surface area contributed by atoms with Gasteiger partial charge in [0.25, 0.3) is 0 Å². The van der Waals surface area contributed by atoms with Gasteiger partial charge in [0.2, 0.25) is 0 Å². The Morgan fingerprint density at radius 1 is 1.11 bits per heavy atom. The summed E-state index contributed by atoms with van der Waals surface area (Å²) in [6.07, 6.45) is 5.37. The molecule has 0 spiro atoms. The minimum atomic E-state index is -0.395. The summed E-state index contributed by atoms with van der Waals surface area (Å²) in [7, 11) is 0. The van der Waals surface area contributed by atoms with Gasteiger partial charge >= 0.3 is 0 Å². The molecule has 0 atom stereocenters. The molecule has 0 unspecified atom stereocenters. The number of fused-ring (bicyclic) bond motifs is 1. The number of piperidine rings is 1. The summed E-state index contributed by atoms with van der Waals surface area (Å²) in [5, 5.41) is 10.4. The van der Waals surface area contributed by atoms with Gasteiger partial charge in [0.1, 0.15) is 18.2 Å². The van der Waals surface area contributed by atoms with E-state index in [9.17, 15) is 9.50 Å². The van der Waals surface area contributed by atoms with Crippen molar-refractivity contribution >= 4 is 22.8 Å². The average Bonchev–Trinajstić information content (AvgIpc) is 3.04. The number of nitrogens with zero attached hydrogens (tertiary/aromatic N) is 2. The summed E-state index contributed by atoms with van der Waals surface area (Å²) >= 11 is 0. The van der Waals surface area contributed by atoms with Crippen molar-refractivity contribution in [2.24, 2.45) is 4.99 Å². The van der Waals surface area contributed by atoms with Crippen molar-refractivity contribution in [3.63, 3.8) is 0 Å². The minimum Gasteiger partial charge on any atom is -0.494 e. The molecule has 2 N–H and O–H groups in total. The Morgan fingerprint density at radius 3 is 2.68 bits per heavy atom. The largest absolute Gasteiger partial charge is 0.494 e. The number of hydrogen-bond donors (Lipinski definition) is 2. The molecule has 1 aromatic heterocycles. The third-order valence-electron chi connectivity index (χ3n) is 5.10. The van der Waals surface area contributed by atoms with Crippen LogP contribution in [0.15, 0.2) is 47.5 Å². The molecule has 3 aromatic rings. The van der Waals surface area contributed by atoms with Crippen molar-refractivity contribution in [3.05, 3.63) is 53.8 Å². The summed E-state index contributed by atoms with van der Waals surface area (Å²) in [6.45, 7) is 3.95. The zero-order valence-electron chi connectivity index (χ0n) is 15.7. The number of benzene rings is 2. The molecule has 1 fully saturated rings. The molecule has 6 heteroatoms. The highest BCUT2D eigenvalue weighted by Crippen LogP contribution is 2.28. The maximum atomic E-state index is 14.1. The van der Waals surface area contributed by atoms with Crippen LogP contribution in [0, 0.1) is 5.82 Å². The number of halogens is 1. The molecule has 1 aliphatic rings. The van der Waals surface area contributed by atoms with E-state index in [2.05, 4.69) is 14.9 Å². The fraction of sp³-hybridized carbons (Fsp3) is 0.318. The lowest BCUT2D eigenvalue weighted by Crippen LogP contribution is -2.33. The van der Waals surface area contributed by atoms with Crippen molar-refractivity contribution in [1.82, 2.24) is 9.88 Å². The fourth-order valence-electron chi connectivity index (χ4n) is 3.58. The molecule has 4 rings (SSSR count). The van der Waals surface area contributed by atoms with Crippen LogP contribution in [0.25, 0.3) is 10.9 Å². The van der Waals surface area contributed by atoms with Crippen molar-refractivity contribution in [2.75, 3.05) is 26.2 Å². The smallest absolute Gasteiger partial charge is 0.198 e. The zero-order valence-corrected chi connectivity index (χ0v) is 15.7. The third kappa shape index (κ3) is 4.17. The average molecular weight is 381 g/mol. The normalized spacial score (nSPS) is 15.5. The Bertz CT molecular complexity index is 960. The number of H-pyrrole nitrogens is 1. The van der Waals surface area contributed by atoms with E-state index < -0.39 is 5.82 Å². The second-order valence-corrected chi connectivity index (χ2v) is 7.05. The molecule has 0 amide bonds. The summed E-state index contributed by atoms with van der Waals surface area (Å²) < 4.78 is 19.9. The van der Waals surface area contributed by atoms with Gasteiger partial charge in [-0.25, -0.2) is 4.39 Å². The molecule has 28 heavy (non-hydrogen) atoms. The van der Waals surface area contributed by atoms with Gasteiger partial charge in [-0.15, -0.1) is 0 Å². The van der Waals surface area contributed by atoms with Crippen molar-refractivity contribution < 1.29 is 14.2 Å². The van der Waals surface area contributed by atoms with E-state index in [0.29, 0.717) is 28.8 Å². The summed E-state index contributed by atoms with van der Waals surface area (Å²) in [6, 6.07) is 12.1. The van der Waals surface area contributed by atoms with Gasteiger partial charge in [-0.2, -0.15) is 0 Å².